The quantitative estimate of drug-likeness (QED) is 0.685. The Balaban J connectivity index is 2.65. The minimum Gasteiger partial charge on any atom is -0.384 e. The van der Waals surface area contributed by atoms with Crippen molar-refractivity contribution in [3.8, 4) is 0 Å². The Morgan fingerprint density at radius 3 is 2.05 bits per heavy atom. The average Bonchev–Trinajstić information content (AvgIpc) is 2.38. The maximum atomic E-state index is 5.57. The van der Waals surface area contributed by atoms with E-state index >= 15 is 0 Å². The fourth-order valence-corrected chi connectivity index (χ4v) is 3.50. The van der Waals surface area contributed by atoms with Crippen LogP contribution in [0.3, 0.4) is 0 Å². The molecule has 21 heavy (non-hydrogen) atoms. The first-order valence-corrected chi connectivity index (χ1v) is 8.21. The maximum Gasteiger partial charge on any atom is 0.0531 e. The summed E-state index contributed by atoms with van der Waals surface area (Å²) in [6.45, 7) is 12.0. The van der Waals surface area contributed by atoms with Crippen LogP contribution in [-0.2, 0) is 11.3 Å². The molecule has 0 amide bonds. The number of hydrogen-bond donors (Lipinski definition) is 1. The van der Waals surface area contributed by atoms with Crippen molar-refractivity contribution in [3.63, 3.8) is 0 Å². The van der Waals surface area contributed by atoms with Crippen LogP contribution in [-0.4, -0.2) is 20.3 Å². The van der Waals surface area contributed by atoms with Gasteiger partial charge in [-0.3, -0.25) is 0 Å². The third kappa shape index (κ3) is 7.10. The van der Waals surface area contributed by atoms with Crippen molar-refractivity contribution >= 4 is 0 Å². The second-order valence-corrected chi connectivity index (χ2v) is 7.22. The second-order valence-electron chi connectivity index (χ2n) is 7.22. The highest BCUT2D eigenvalue weighted by molar-refractivity contribution is 5.14. The van der Waals surface area contributed by atoms with E-state index in [0.29, 0.717) is 11.8 Å². The number of methoxy groups -OCH3 is 1. The van der Waals surface area contributed by atoms with Crippen LogP contribution >= 0.6 is 0 Å². The van der Waals surface area contributed by atoms with Crippen molar-refractivity contribution in [2.75, 3.05) is 20.3 Å². The van der Waals surface area contributed by atoms with Gasteiger partial charge in [-0.2, -0.15) is 0 Å². The Morgan fingerprint density at radius 2 is 1.57 bits per heavy atom. The number of rotatable bonds is 10. The largest absolute Gasteiger partial charge is 0.384 e. The highest BCUT2D eigenvalue weighted by Gasteiger charge is 2.31. The molecule has 0 aliphatic rings. The van der Waals surface area contributed by atoms with E-state index < -0.39 is 0 Å². The van der Waals surface area contributed by atoms with Crippen molar-refractivity contribution < 1.29 is 4.74 Å². The van der Waals surface area contributed by atoms with Crippen LogP contribution in [0.1, 0.15) is 46.1 Å². The summed E-state index contributed by atoms with van der Waals surface area (Å²) in [6, 6.07) is 10.6. The molecule has 1 aromatic carbocycles. The van der Waals surface area contributed by atoms with E-state index in [1.165, 1.54) is 18.4 Å². The monoisotopic (exact) mass is 291 g/mol. The predicted octanol–water partition coefficient (Wildman–Crippen LogP) is 4.50. The molecule has 2 nitrogen and oxygen atoms in total. The van der Waals surface area contributed by atoms with Crippen molar-refractivity contribution in [3.05, 3.63) is 35.9 Å². The molecular weight excluding hydrogens is 258 g/mol. The summed E-state index contributed by atoms with van der Waals surface area (Å²) in [5.74, 6) is 1.38. The Labute approximate surface area is 131 Å². The van der Waals surface area contributed by atoms with E-state index in [1.807, 2.05) is 7.11 Å². The van der Waals surface area contributed by atoms with Gasteiger partial charge in [-0.1, -0.05) is 58.0 Å². The highest BCUT2D eigenvalue weighted by Crippen LogP contribution is 2.33. The predicted molar refractivity (Wildman–Crippen MR) is 91.4 cm³/mol. The minimum absolute atomic E-state index is 0.242. The topological polar surface area (TPSA) is 21.3 Å². The fourth-order valence-electron chi connectivity index (χ4n) is 3.50. The van der Waals surface area contributed by atoms with Crippen molar-refractivity contribution in [2.45, 2.75) is 47.1 Å². The zero-order valence-electron chi connectivity index (χ0n) is 14.5. The lowest BCUT2D eigenvalue weighted by Gasteiger charge is -2.36. The minimum atomic E-state index is 0.242. The summed E-state index contributed by atoms with van der Waals surface area (Å²) in [4.78, 5) is 0. The molecule has 0 spiro atoms. The van der Waals surface area contributed by atoms with Crippen LogP contribution in [0.4, 0.5) is 0 Å². The van der Waals surface area contributed by atoms with Gasteiger partial charge in [-0.05, 0) is 30.2 Å². The fraction of sp³-hybridized carbons (Fsp3) is 0.684. The highest BCUT2D eigenvalue weighted by atomic mass is 16.5. The number of benzene rings is 1. The van der Waals surface area contributed by atoms with Crippen molar-refractivity contribution in [1.82, 2.24) is 5.32 Å². The Bertz CT molecular complexity index is 362. The van der Waals surface area contributed by atoms with E-state index in [4.69, 9.17) is 4.74 Å². The van der Waals surface area contributed by atoms with Crippen LogP contribution in [0.25, 0.3) is 0 Å². The third-order valence-electron chi connectivity index (χ3n) is 3.80. The van der Waals surface area contributed by atoms with Gasteiger partial charge in [0.15, 0.2) is 0 Å². The summed E-state index contributed by atoms with van der Waals surface area (Å²) >= 11 is 0. The van der Waals surface area contributed by atoms with Gasteiger partial charge in [0.1, 0.15) is 0 Å². The summed E-state index contributed by atoms with van der Waals surface area (Å²) in [5.41, 5.74) is 1.59. The normalized spacial score (nSPS) is 12.3. The van der Waals surface area contributed by atoms with E-state index in [1.54, 1.807) is 0 Å². The molecule has 0 aromatic heterocycles. The number of hydrogen-bond acceptors (Lipinski definition) is 2. The molecule has 1 aromatic rings. The zero-order valence-corrected chi connectivity index (χ0v) is 14.5. The first-order valence-electron chi connectivity index (χ1n) is 8.21. The van der Waals surface area contributed by atoms with Gasteiger partial charge >= 0.3 is 0 Å². The van der Waals surface area contributed by atoms with Gasteiger partial charge < -0.3 is 10.1 Å². The van der Waals surface area contributed by atoms with Crippen molar-refractivity contribution in [2.24, 2.45) is 17.3 Å². The summed E-state index contributed by atoms with van der Waals surface area (Å²) in [6.07, 6.45) is 2.42. The lowest BCUT2D eigenvalue weighted by atomic mass is 9.74. The van der Waals surface area contributed by atoms with Gasteiger partial charge in [0, 0.05) is 25.6 Å². The first kappa shape index (κ1) is 18.2. The Kier molecular flexibility index (Phi) is 7.98. The molecule has 0 aliphatic heterocycles. The van der Waals surface area contributed by atoms with E-state index in [9.17, 15) is 0 Å². The molecular formula is C19H33NO. The molecule has 1 rings (SSSR count). The maximum absolute atomic E-state index is 5.57. The summed E-state index contributed by atoms with van der Waals surface area (Å²) in [5, 5.41) is 3.66. The van der Waals surface area contributed by atoms with Gasteiger partial charge in [0.25, 0.3) is 0 Å². The molecule has 1 N–H and O–H groups in total. The van der Waals surface area contributed by atoms with E-state index in [2.05, 4.69) is 63.3 Å². The molecule has 0 fully saturated rings. The molecule has 0 saturated heterocycles. The summed E-state index contributed by atoms with van der Waals surface area (Å²) < 4.78 is 5.57. The molecule has 0 heterocycles. The molecule has 0 atom stereocenters. The van der Waals surface area contributed by atoms with Crippen LogP contribution in [0.15, 0.2) is 30.3 Å². The van der Waals surface area contributed by atoms with Gasteiger partial charge in [0.05, 0.1) is 6.61 Å². The standard InChI is InChI=1S/C19H33NO/c1-16(2)11-19(15-21-5,12-17(3)4)14-20-13-18-9-7-6-8-10-18/h6-10,16-17,20H,11-15H2,1-5H3. The van der Waals surface area contributed by atoms with Crippen LogP contribution in [0.5, 0.6) is 0 Å². The van der Waals surface area contributed by atoms with Crippen LogP contribution in [0, 0.1) is 17.3 Å². The molecule has 120 valence electrons. The van der Waals surface area contributed by atoms with Crippen LogP contribution < -0.4 is 5.32 Å². The summed E-state index contributed by atoms with van der Waals surface area (Å²) in [7, 11) is 1.83. The molecule has 2 heteroatoms. The molecule has 0 bridgehead atoms. The molecule has 0 aliphatic carbocycles. The second kappa shape index (κ2) is 9.22. The van der Waals surface area contributed by atoms with Gasteiger partial charge in [0.2, 0.25) is 0 Å². The zero-order chi connectivity index (χ0) is 15.7. The Morgan fingerprint density at radius 1 is 1.00 bits per heavy atom. The van der Waals surface area contributed by atoms with E-state index in [-0.39, 0.29) is 5.41 Å². The SMILES string of the molecule is COCC(CNCc1ccccc1)(CC(C)C)CC(C)C. The van der Waals surface area contributed by atoms with Crippen molar-refractivity contribution in [1.29, 1.82) is 0 Å². The van der Waals surface area contributed by atoms with E-state index in [0.717, 1.165) is 19.7 Å². The Hall–Kier alpha value is -0.860. The molecule has 0 radical (unpaired) electrons. The number of ether oxygens (including phenoxy) is 1. The molecule has 0 saturated carbocycles. The number of nitrogens with one attached hydrogen (secondary N) is 1. The van der Waals surface area contributed by atoms with Gasteiger partial charge in [-0.25, -0.2) is 0 Å². The first-order chi connectivity index (χ1) is 9.97. The molecule has 0 unspecified atom stereocenters. The lowest BCUT2D eigenvalue weighted by Crippen LogP contribution is -2.40. The smallest absolute Gasteiger partial charge is 0.0531 e. The van der Waals surface area contributed by atoms with Crippen LogP contribution in [0.2, 0.25) is 0 Å². The lowest BCUT2D eigenvalue weighted by molar-refractivity contribution is 0.0447. The third-order valence-corrected chi connectivity index (χ3v) is 3.80. The van der Waals surface area contributed by atoms with Gasteiger partial charge in [-0.15, -0.1) is 0 Å². The average molecular weight is 291 g/mol.